The zero-order valence-electron chi connectivity index (χ0n) is 22.6. The minimum absolute atomic E-state index is 0.135. The monoisotopic (exact) mass is 553 g/mol. The number of allylic oxidation sites excluding steroid dienone is 4. The van der Waals surface area contributed by atoms with Gasteiger partial charge in [-0.2, -0.15) is 0 Å². The van der Waals surface area contributed by atoms with Crippen molar-refractivity contribution in [3.8, 4) is 11.5 Å². The van der Waals surface area contributed by atoms with Crippen LogP contribution in [0.25, 0.3) is 0 Å². The standard InChI is InChI=1S/C34H32ClNO4/c1-39-31-19-24(15-18-30(31)40-21-23-13-16-25(35)17-14-23)32-33-26(9-5-11-28(33)37)36(20-22-7-3-2-4-8-22)27-10-6-12-29(38)34(27)32/h2-4,7-8,13-19,32H,5-6,9-12,20-21H2,1H3. The molecule has 0 saturated heterocycles. The fourth-order valence-electron chi connectivity index (χ4n) is 6.23. The fourth-order valence-corrected chi connectivity index (χ4v) is 6.36. The van der Waals surface area contributed by atoms with Gasteiger partial charge in [0.25, 0.3) is 0 Å². The van der Waals surface area contributed by atoms with Gasteiger partial charge in [0.2, 0.25) is 0 Å². The second-order valence-corrected chi connectivity index (χ2v) is 11.0. The Morgan fingerprint density at radius 3 is 2.05 bits per heavy atom. The molecule has 0 N–H and O–H groups in total. The summed E-state index contributed by atoms with van der Waals surface area (Å²) < 4.78 is 11.9. The fraction of sp³-hybridized carbons (Fsp3) is 0.294. The van der Waals surface area contributed by atoms with E-state index in [0.29, 0.717) is 42.5 Å². The molecule has 2 aliphatic carbocycles. The summed E-state index contributed by atoms with van der Waals surface area (Å²) >= 11 is 6.02. The third-order valence-corrected chi connectivity index (χ3v) is 8.35. The molecule has 0 bridgehead atoms. The van der Waals surface area contributed by atoms with E-state index in [1.807, 2.05) is 60.7 Å². The molecule has 40 heavy (non-hydrogen) atoms. The van der Waals surface area contributed by atoms with Crippen LogP contribution in [0.5, 0.6) is 11.5 Å². The molecule has 6 rings (SSSR count). The molecule has 0 unspecified atom stereocenters. The summed E-state index contributed by atoms with van der Waals surface area (Å²) in [5, 5.41) is 0.678. The van der Waals surface area contributed by atoms with Crippen LogP contribution in [-0.4, -0.2) is 23.6 Å². The van der Waals surface area contributed by atoms with E-state index in [4.69, 9.17) is 21.1 Å². The maximum atomic E-state index is 13.6. The summed E-state index contributed by atoms with van der Waals surface area (Å²) in [6, 6.07) is 23.6. The van der Waals surface area contributed by atoms with Gasteiger partial charge >= 0.3 is 0 Å². The Balaban J connectivity index is 1.40. The van der Waals surface area contributed by atoms with Crippen LogP contribution in [0.4, 0.5) is 0 Å². The summed E-state index contributed by atoms with van der Waals surface area (Å²) in [5.74, 6) is 1.06. The van der Waals surface area contributed by atoms with Gasteiger partial charge in [0.05, 0.1) is 7.11 Å². The number of ether oxygens (including phenoxy) is 2. The average molecular weight is 554 g/mol. The van der Waals surface area contributed by atoms with Gasteiger partial charge in [-0.1, -0.05) is 60.1 Å². The lowest BCUT2D eigenvalue weighted by Crippen LogP contribution is -2.38. The first-order chi connectivity index (χ1) is 19.5. The van der Waals surface area contributed by atoms with Crippen molar-refractivity contribution in [3.05, 3.63) is 117 Å². The van der Waals surface area contributed by atoms with Crippen molar-refractivity contribution in [2.24, 2.45) is 0 Å². The van der Waals surface area contributed by atoms with E-state index in [0.717, 1.165) is 59.4 Å². The van der Waals surface area contributed by atoms with Crippen LogP contribution in [-0.2, 0) is 22.7 Å². The Labute approximate surface area is 240 Å². The van der Waals surface area contributed by atoms with Crippen molar-refractivity contribution in [2.75, 3.05) is 7.11 Å². The Morgan fingerprint density at radius 2 is 1.43 bits per heavy atom. The first-order valence-corrected chi connectivity index (χ1v) is 14.3. The van der Waals surface area contributed by atoms with Gasteiger partial charge in [-0.25, -0.2) is 0 Å². The van der Waals surface area contributed by atoms with E-state index < -0.39 is 5.92 Å². The maximum absolute atomic E-state index is 13.6. The van der Waals surface area contributed by atoms with Gasteiger partial charge in [-0.05, 0) is 66.6 Å². The van der Waals surface area contributed by atoms with Crippen molar-refractivity contribution < 1.29 is 19.1 Å². The van der Waals surface area contributed by atoms with Crippen LogP contribution in [0, 0.1) is 0 Å². The largest absolute Gasteiger partial charge is 0.493 e. The van der Waals surface area contributed by atoms with E-state index in [-0.39, 0.29) is 11.6 Å². The Kier molecular flexibility index (Phi) is 7.48. The molecule has 1 heterocycles. The number of hydrogen-bond donors (Lipinski definition) is 0. The van der Waals surface area contributed by atoms with Crippen LogP contribution >= 0.6 is 11.6 Å². The minimum Gasteiger partial charge on any atom is -0.493 e. The number of hydrogen-bond acceptors (Lipinski definition) is 5. The van der Waals surface area contributed by atoms with E-state index >= 15 is 0 Å². The maximum Gasteiger partial charge on any atom is 0.161 e. The van der Waals surface area contributed by atoms with Gasteiger partial charge in [-0.3, -0.25) is 9.59 Å². The minimum atomic E-state index is -0.392. The summed E-state index contributed by atoms with van der Waals surface area (Å²) in [7, 11) is 1.61. The molecule has 6 heteroatoms. The molecular formula is C34H32ClNO4. The molecule has 0 saturated carbocycles. The van der Waals surface area contributed by atoms with Crippen LogP contribution < -0.4 is 9.47 Å². The second-order valence-electron chi connectivity index (χ2n) is 10.6. The molecule has 0 radical (unpaired) electrons. The van der Waals surface area contributed by atoms with E-state index in [1.165, 1.54) is 5.56 Å². The predicted octanol–water partition coefficient (Wildman–Crippen LogP) is 7.54. The van der Waals surface area contributed by atoms with Crippen molar-refractivity contribution in [1.29, 1.82) is 0 Å². The summed E-state index contributed by atoms with van der Waals surface area (Å²) in [6.45, 7) is 1.03. The number of benzene rings is 3. The Bertz CT molecular complexity index is 1460. The van der Waals surface area contributed by atoms with E-state index in [2.05, 4.69) is 17.0 Å². The smallest absolute Gasteiger partial charge is 0.161 e. The molecule has 1 aliphatic heterocycles. The molecular weight excluding hydrogens is 522 g/mol. The predicted molar refractivity (Wildman–Crippen MR) is 155 cm³/mol. The van der Waals surface area contributed by atoms with Crippen LogP contribution in [0.2, 0.25) is 5.02 Å². The number of ketones is 2. The molecule has 5 nitrogen and oxygen atoms in total. The number of carbonyl (C=O) groups is 2. The van der Waals surface area contributed by atoms with Crippen LogP contribution in [0.3, 0.4) is 0 Å². The van der Waals surface area contributed by atoms with Crippen molar-refractivity contribution in [3.63, 3.8) is 0 Å². The van der Waals surface area contributed by atoms with Crippen LogP contribution in [0.15, 0.2) is 95.3 Å². The molecule has 0 aromatic heterocycles. The Hall–Kier alpha value is -3.83. The zero-order chi connectivity index (χ0) is 27.6. The first-order valence-electron chi connectivity index (χ1n) is 13.9. The number of halogens is 1. The summed E-state index contributed by atoms with van der Waals surface area (Å²) in [6.07, 6.45) is 4.32. The van der Waals surface area contributed by atoms with E-state index in [1.54, 1.807) is 7.11 Å². The van der Waals surface area contributed by atoms with Gasteiger partial charge in [0.15, 0.2) is 23.1 Å². The normalized spacial score (nSPS) is 17.6. The number of Topliss-reactive ketones (excluding diaryl/α,β-unsaturated/α-hetero) is 2. The second kappa shape index (κ2) is 11.3. The third kappa shape index (κ3) is 5.06. The lowest BCUT2D eigenvalue weighted by molar-refractivity contribution is -0.117. The van der Waals surface area contributed by atoms with Gasteiger partial charge in [0.1, 0.15) is 6.61 Å². The lowest BCUT2D eigenvalue weighted by atomic mass is 9.71. The zero-order valence-corrected chi connectivity index (χ0v) is 23.4. The Morgan fingerprint density at radius 1 is 0.775 bits per heavy atom. The molecule has 204 valence electrons. The molecule has 3 aromatic carbocycles. The van der Waals surface area contributed by atoms with Crippen molar-refractivity contribution >= 4 is 23.2 Å². The SMILES string of the molecule is COc1cc(C2C3=C(CCCC3=O)N(Cc3ccccc3)C3=C2C(=O)CCC3)ccc1OCc1ccc(Cl)cc1. The molecule has 0 amide bonds. The number of methoxy groups -OCH3 is 1. The highest BCUT2D eigenvalue weighted by Gasteiger charge is 2.43. The van der Waals surface area contributed by atoms with Gasteiger partial charge < -0.3 is 14.4 Å². The van der Waals surface area contributed by atoms with E-state index in [9.17, 15) is 9.59 Å². The quantitative estimate of drug-likeness (QED) is 0.302. The third-order valence-electron chi connectivity index (χ3n) is 8.10. The van der Waals surface area contributed by atoms with Gasteiger partial charge in [0, 0.05) is 52.9 Å². The van der Waals surface area contributed by atoms with Crippen LogP contribution in [0.1, 0.15) is 61.1 Å². The number of carbonyl (C=O) groups excluding carboxylic acids is 2. The van der Waals surface area contributed by atoms with Crippen molar-refractivity contribution in [2.45, 2.75) is 57.6 Å². The molecule has 3 aromatic rings. The molecule has 0 spiro atoms. The van der Waals surface area contributed by atoms with Gasteiger partial charge in [-0.15, -0.1) is 0 Å². The lowest BCUT2D eigenvalue weighted by Gasteiger charge is -2.44. The number of rotatable bonds is 7. The topological polar surface area (TPSA) is 55.8 Å². The molecule has 0 fully saturated rings. The average Bonchev–Trinajstić information content (AvgIpc) is 2.98. The highest BCUT2D eigenvalue weighted by molar-refractivity contribution is 6.30. The summed E-state index contributed by atoms with van der Waals surface area (Å²) in [5.41, 5.74) is 6.73. The molecule has 3 aliphatic rings. The molecule has 0 atom stereocenters. The van der Waals surface area contributed by atoms with Crippen molar-refractivity contribution in [1.82, 2.24) is 4.90 Å². The highest BCUT2D eigenvalue weighted by Crippen LogP contribution is 2.50. The first kappa shape index (κ1) is 26.4. The summed E-state index contributed by atoms with van der Waals surface area (Å²) in [4.78, 5) is 29.5. The highest BCUT2D eigenvalue weighted by atomic mass is 35.5. The number of nitrogens with zero attached hydrogens (tertiary/aromatic N) is 1.